The smallest absolute Gasteiger partial charge is 0.308 e. The zero-order chi connectivity index (χ0) is 97.7. The van der Waals surface area contributed by atoms with Gasteiger partial charge in [0, 0.05) is 67.7 Å². The molecule has 0 amide bonds. The van der Waals surface area contributed by atoms with E-state index in [1.165, 1.54) is 11.3 Å². The number of hydrogen-bond acceptors (Lipinski definition) is 21. The number of aliphatic imine (C=N–C) groups is 4. The lowest BCUT2D eigenvalue weighted by Gasteiger charge is -2.14. The van der Waals surface area contributed by atoms with Crippen molar-refractivity contribution in [3.05, 3.63) is 321 Å². The molecule has 4 aliphatic rings. The first-order valence-corrected chi connectivity index (χ1v) is 47.4. The third kappa shape index (κ3) is 21.7. The van der Waals surface area contributed by atoms with E-state index in [0.29, 0.717) is 121 Å². The van der Waals surface area contributed by atoms with E-state index in [1.807, 2.05) is 98.6 Å². The van der Waals surface area contributed by atoms with Gasteiger partial charge in [-0.25, -0.2) is 54.4 Å². The van der Waals surface area contributed by atoms with Crippen molar-refractivity contribution in [3.8, 4) is 20.0 Å². The first-order chi connectivity index (χ1) is 65.3. The summed E-state index contributed by atoms with van der Waals surface area (Å²) in [6.07, 6.45) is 5.56. The average Bonchev–Trinajstić information content (AvgIpc) is 1.60. The Balaban J connectivity index is 0.000000153. The van der Waals surface area contributed by atoms with Gasteiger partial charge in [-0.2, -0.15) is 0 Å². The van der Waals surface area contributed by atoms with Gasteiger partial charge < -0.3 is 24.1 Å². The van der Waals surface area contributed by atoms with Crippen molar-refractivity contribution in [1.82, 2.24) is 59.1 Å². The number of aromatic nitrogens is 12. The summed E-state index contributed by atoms with van der Waals surface area (Å²) >= 11 is 6.10. The summed E-state index contributed by atoms with van der Waals surface area (Å²) in [5.41, 5.74) is 15.9. The predicted molar refractivity (Wildman–Crippen MR) is 523 cm³/mol. The molecular formula is C101H96F2N24O5S4. The summed E-state index contributed by atoms with van der Waals surface area (Å²) in [6.45, 7) is 85.2. The van der Waals surface area contributed by atoms with E-state index in [0.717, 1.165) is 161 Å². The Bertz CT molecular complexity index is 6890. The molecule has 4 aromatic carbocycles. The summed E-state index contributed by atoms with van der Waals surface area (Å²) in [5.74, 6) is 2.52. The van der Waals surface area contributed by atoms with Crippen molar-refractivity contribution in [2.45, 2.75) is 224 Å². The molecule has 8 aromatic heterocycles. The highest BCUT2D eigenvalue weighted by molar-refractivity contribution is 7.16. The lowest BCUT2D eigenvalue weighted by molar-refractivity contribution is -0.154. The lowest BCUT2D eigenvalue weighted by atomic mass is 9.98. The Labute approximate surface area is 804 Å². The SMILES string of the molecule is [C-]#[N+]Cc1sc2c(c1C)C(c1ccc([N+]#[C-])cc1)=N[C@@H](CC(=O)CCC(C)C)c1nnc(C)n1-2.[C-]#[N+]Cc1sc2c(c1C)C(c1ccc([N+]#[C-])cc1)=N[C@@H](CC(=O)CCC(C)C)c1nnc(C)n1-2.[C-]#[N+]Cc1sc2c(c1C)C(c1ccc([N+]#[C-])cc1)=N[C@@H](CC(=O)CCCC)c1nnc(C)n1-2.[C-]#[N+]Cc1sc2c(c1C)C(c1ccc([N+]#[C-])cc1)=N[C@@H](CC(=O)OCC(C)(F)F)c1nnc(C)n1-2. The van der Waals surface area contributed by atoms with E-state index in [-0.39, 0.29) is 49.6 Å². The number of rotatable bonds is 27. The van der Waals surface area contributed by atoms with Crippen LogP contribution in [0.5, 0.6) is 0 Å². The van der Waals surface area contributed by atoms with Gasteiger partial charge in [-0.1, -0.05) is 138 Å². The predicted octanol–water partition coefficient (Wildman–Crippen LogP) is 23.8. The van der Waals surface area contributed by atoms with Gasteiger partial charge in [0.1, 0.15) is 84.8 Å². The van der Waals surface area contributed by atoms with Gasteiger partial charge >= 0.3 is 5.97 Å². The number of unbranched alkanes of at least 4 members (excludes halogenated alkanes) is 1. The number of hydrogen-bond donors (Lipinski definition) is 0. The quantitative estimate of drug-likeness (QED) is 0.0342. The van der Waals surface area contributed by atoms with E-state index < -0.39 is 42.7 Å². The molecule has 29 nitrogen and oxygen atoms in total. The minimum Gasteiger partial charge on any atom is -0.459 e. The lowest BCUT2D eigenvalue weighted by Crippen LogP contribution is -2.23. The van der Waals surface area contributed by atoms with E-state index >= 15 is 0 Å². The number of Topliss-reactive ketones (excluding diaryl/α,β-unsaturated/α-hetero) is 3. The van der Waals surface area contributed by atoms with E-state index in [9.17, 15) is 28.0 Å². The van der Waals surface area contributed by atoms with Gasteiger partial charge in [-0.3, -0.25) is 57.4 Å². The zero-order valence-corrected chi connectivity index (χ0v) is 80.9. The highest BCUT2D eigenvalue weighted by Gasteiger charge is 2.40. The third-order valence-corrected chi connectivity index (χ3v) is 28.3. The molecule has 12 aromatic rings. The molecule has 0 radical (unpaired) electrons. The van der Waals surface area contributed by atoms with Crippen LogP contribution in [0.2, 0.25) is 0 Å². The standard InChI is InChI=1S/2C26H26N6OS.C25H24N6OS.C24H20F2N6O2S/c2*1-15(2)7-12-20(33)13-21-25-31-30-17(4)32(25)26-23(16(3)22(34-26)14-27-5)24(29-21)18-8-10-19(28-6)11-9-18;1-6-7-8-19(32)13-20-24-30-29-16(3)31(24)25-22(15(2)21(33-25)14-26-4)23(28-20)17-9-11-18(27-5)12-10-17;1-13-18(11-27-4)35-23-20(13)21(15-6-8-16(28-5)9-7-15)29-17(22-31-30-14(2)32(22)23)10-19(33)34-12-24(3,25)26/h2*8-11,15,21H,7,12-14H2,1-4H3;9-12,20H,6-8,13-14H2,1-3H3;6-9,17H,10-12H2,1-3H3/t2*21-;20-;17-/m0000/s1. The fraction of sp³-hybridized carbons (Fsp3) is 0.366. The van der Waals surface area contributed by atoms with Gasteiger partial charge in [-0.05, 0) is 131 Å². The van der Waals surface area contributed by atoms with Crippen molar-refractivity contribution >= 4 is 114 Å². The monoisotopic (exact) mass is 1890 g/mol. The van der Waals surface area contributed by atoms with Gasteiger partial charge in [0.05, 0.1) is 75.1 Å². The summed E-state index contributed by atoms with van der Waals surface area (Å²) in [7, 11) is 0. The zero-order valence-electron chi connectivity index (χ0n) is 77.7. The largest absolute Gasteiger partial charge is 0.459 e. The van der Waals surface area contributed by atoms with Crippen LogP contribution in [0.3, 0.4) is 0 Å². The molecule has 0 saturated carbocycles. The number of ether oxygens (including phenoxy) is 1. The minimum atomic E-state index is -3.14. The van der Waals surface area contributed by atoms with E-state index in [4.69, 9.17) is 77.3 Å². The number of carbonyl (C=O) groups excluding carboxylic acids is 4. The number of thiophene rings is 4. The summed E-state index contributed by atoms with van der Waals surface area (Å²) < 4.78 is 39.1. The molecule has 688 valence electrons. The third-order valence-electron chi connectivity index (χ3n) is 23.3. The number of nitrogens with zero attached hydrogens (tertiary/aromatic N) is 24. The number of carbonyl (C=O) groups is 4. The fourth-order valence-corrected chi connectivity index (χ4v) is 21.3. The maximum atomic E-state index is 13.2. The van der Waals surface area contributed by atoms with Gasteiger partial charge in [-0.15, -0.1) is 86.1 Å². The Kier molecular flexibility index (Phi) is 31.5. The summed E-state index contributed by atoms with van der Waals surface area (Å²) in [5, 5.41) is 38.3. The molecule has 4 aliphatic heterocycles. The Morgan fingerprint density at radius 3 is 0.846 bits per heavy atom. The Morgan fingerprint density at radius 1 is 0.382 bits per heavy atom. The molecule has 12 heterocycles. The first kappa shape index (κ1) is 98.7. The van der Waals surface area contributed by atoms with Crippen LogP contribution < -0.4 is 0 Å². The van der Waals surface area contributed by atoms with Crippen LogP contribution in [0.15, 0.2) is 117 Å². The molecular weight excluding hydrogens is 1800 g/mol. The van der Waals surface area contributed by atoms with E-state index in [2.05, 4.69) is 114 Å². The van der Waals surface area contributed by atoms with Crippen LogP contribution in [0, 0.1) is 120 Å². The second-order valence-corrected chi connectivity index (χ2v) is 38.4. The molecule has 35 heteroatoms. The van der Waals surface area contributed by atoms with Crippen LogP contribution >= 0.6 is 45.3 Å². The molecule has 16 rings (SSSR count). The van der Waals surface area contributed by atoms with Gasteiger partial charge in [0.25, 0.3) is 5.92 Å². The summed E-state index contributed by atoms with van der Waals surface area (Å²) in [4.78, 5) is 103. The van der Waals surface area contributed by atoms with Gasteiger partial charge in [0.15, 0.2) is 52.7 Å². The van der Waals surface area contributed by atoms with Crippen molar-refractivity contribution in [1.29, 1.82) is 0 Å². The highest BCUT2D eigenvalue weighted by Crippen LogP contribution is 2.47. The van der Waals surface area contributed by atoms with Crippen molar-refractivity contribution in [3.63, 3.8) is 0 Å². The molecule has 0 fully saturated rings. The van der Waals surface area contributed by atoms with E-state index in [1.54, 1.807) is 106 Å². The maximum absolute atomic E-state index is 13.2. The van der Waals surface area contributed by atoms with Gasteiger partial charge in [0.2, 0.25) is 26.2 Å². The number of aryl methyl sites for hydroxylation is 4. The molecule has 136 heavy (non-hydrogen) atoms. The number of esters is 1. The number of benzene rings is 4. The average molecular weight is 1890 g/mol. The van der Waals surface area contributed by atoms with Crippen molar-refractivity contribution in [2.24, 2.45) is 31.8 Å². The second-order valence-electron chi connectivity index (χ2n) is 34.1. The topological polar surface area (TPSA) is 285 Å². The number of fused-ring (bicyclic) bond motifs is 12. The molecule has 0 N–H and O–H groups in total. The number of halogens is 2. The maximum Gasteiger partial charge on any atom is 0.308 e. The van der Waals surface area contributed by atoms with Crippen LogP contribution in [0.4, 0.5) is 31.5 Å². The molecule has 0 aliphatic carbocycles. The molecule has 0 bridgehead atoms. The molecule has 0 saturated heterocycles. The van der Waals surface area contributed by atoms with Crippen LogP contribution in [-0.4, -0.2) is 118 Å². The fourth-order valence-electron chi connectivity index (χ4n) is 16.2. The summed E-state index contributed by atoms with van der Waals surface area (Å²) in [6, 6.07) is 26.8. The molecule has 0 spiro atoms. The minimum absolute atomic E-state index is 0.160. The van der Waals surface area contributed by atoms with Crippen LogP contribution in [0.1, 0.15) is 269 Å². The number of ketones is 3. The molecule has 4 atom stereocenters. The normalized spacial score (nSPS) is 14.6. The second kappa shape index (κ2) is 43.5. The highest BCUT2D eigenvalue weighted by atomic mass is 32.1. The first-order valence-electron chi connectivity index (χ1n) is 44.1. The van der Waals surface area contributed by atoms with Crippen molar-refractivity contribution in [2.75, 3.05) is 6.61 Å². The van der Waals surface area contributed by atoms with Crippen LogP contribution in [0.25, 0.3) is 58.8 Å². The van der Waals surface area contributed by atoms with Crippen molar-refractivity contribution < 1.29 is 32.7 Å². The Hall–Kier alpha value is -14.8. The number of alkyl halides is 2. The molecule has 0 unspecified atom stereocenters. The van der Waals surface area contributed by atoms with Crippen LogP contribution in [-0.2, 0) is 50.1 Å². The Morgan fingerprint density at radius 2 is 0.625 bits per heavy atom.